The maximum atomic E-state index is 9.54. The van der Waals surface area contributed by atoms with Crippen LogP contribution < -0.4 is 0 Å². The lowest BCUT2D eigenvalue weighted by molar-refractivity contribution is -0.0602. The average Bonchev–Trinajstić information content (AvgIpc) is 2.41. The SMILES string of the molecule is C[C@@]12CCC(O)CC[C@@H](CC1)O2. The third-order valence-corrected chi connectivity index (χ3v) is 3.27. The third-order valence-electron chi connectivity index (χ3n) is 3.27. The van der Waals surface area contributed by atoms with Gasteiger partial charge in [-0.3, -0.25) is 0 Å². The highest BCUT2D eigenvalue weighted by Gasteiger charge is 2.37. The van der Waals surface area contributed by atoms with Gasteiger partial charge in [-0.15, -0.1) is 0 Å². The van der Waals surface area contributed by atoms with Crippen molar-refractivity contribution in [1.82, 2.24) is 0 Å². The highest BCUT2D eigenvalue weighted by atomic mass is 16.5. The van der Waals surface area contributed by atoms with Crippen LogP contribution in [0.2, 0.25) is 0 Å². The summed E-state index contributed by atoms with van der Waals surface area (Å²) in [6, 6.07) is 0. The van der Waals surface area contributed by atoms with E-state index in [0.29, 0.717) is 6.10 Å². The maximum absolute atomic E-state index is 9.54. The molecule has 1 N–H and O–H groups in total. The van der Waals surface area contributed by atoms with Crippen LogP contribution >= 0.6 is 0 Å². The summed E-state index contributed by atoms with van der Waals surface area (Å²) >= 11 is 0. The molecule has 12 heavy (non-hydrogen) atoms. The lowest BCUT2D eigenvalue weighted by atomic mass is 9.95. The summed E-state index contributed by atoms with van der Waals surface area (Å²) in [5, 5.41) is 9.54. The van der Waals surface area contributed by atoms with Crippen LogP contribution in [0.3, 0.4) is 0 Å². The van der Waals surface area contributed by atoms with E-state index in [1.165, 1.54) is 12.8 Å². The van der Waals surface area contributed by atoms with E-state index in [0.717, 1.165) is 25.7 Å². The first-order chi connectivity index (χ1) is 5.68. The predicted octanol–water partition coefficient (Wildman–Crippen LogP) is 1.86. The van der Waals surface area contributed by atoms with Gasteiger partial charge in [0.25, 0.3) is 0 Å². The molecule has 1 unspecified atom stereocenters. The molecule has 0 radical (unpaired) electrons. The summed E-state index contributed by atoms with van der Waals surface area (Å²) in [5.74, 6) is 0. The van der Waals surface area contributed by atoms with Crippen molar-refractivity contribution in [2.45, 2.75) is 63.3 Å². The number of fused-ring (bicyclic) bond motifs is 2. The van der Waals surface area contributed by atoms with Crippen molar-refractivity contribution in [1.29, 1.82) is 0 Å². The van der Waals surface area contributed by atoms with Gasteiger partial charge in [0.15, 0.2) is 0 Å². The fourth-order valence-electron chi connectivity index (χ4n) is 2.37. The Hall–Kier alpha value is -0.0800. The van der Waals surface area contributed by atoms with Crippen molar-refractivity contribution in [3.05, 3.63) is 0 Å². The number of aliphatic hydroxyl groups excluding tert-OH is 1. The van der Waals surface area contributed by atoms with Crippen LogP contribution in [-0.4, -0.2) is 22.9 Å². The molecule has 0 aliphatic carbocycles. The van der Waals surface area contributed by atoms with Gasteiger partial charge in [-0.1, -0.05) is 0 Å². The molecule has 70 valence electrons. The van der Waals surface area contributed by atoms with Crippen LogP contribution in [0.15, 0.2) is 0 Å². The van der Waals surface area contributed by atoms with Crippen molar-refractivity contribution < 1.29 is 9.84 Å². The van der Waals surface area contributed by atoms with Crippen LogP contribution in [0.25, 0.3) is 0 Å². The summed E-state index contributed by atoms with van der Waals surface area (Å²) in [5.41, 5.74) is 0.0894. The van der Waals surface area contributed by atoms with E-state index in [9.17, 15) is 5.11 Å². The Bertz CT molecular complexity index is 169. The Morgan fingerprint density at radius 3 is 2.75 bits per heavy atom. The molecule has 0 amide bonds. The molecule has 2 aliphatic heterocycles. The van der Waals surface area contributed by atoms with Crippen LogP contribution in [0.5, 0.6) is 0 Å². The number of ether oxygens (including phenoxy) is 1. The lowest BCUT2D eigenvalue weighted by Gasteiger charge is -2.28. The van der Waals surface area contributed by atoms with Crippen molar-refractivity contribution in [2.75, 3.05) is 0 Å². The second-order valence-electron chi connectivity index (χ2n) is 4.50. The minimum absolute atomic E-state index is 0.0752. The molecule has 3 atom stereocenters. The normalized spacial score (nSPS) is 48.5. The minimum Gasteiger partial charge on any atom is -0.393 e. The number of rotatable bonds is 0. The molecule has 2 heteroatoms. The molecular formula is C10H18O2. The van der Waals surface area contributed by atoms with Gasteiger partial charge < -0.3 is 9.84 Å². The molecular weight excluding hydrogens is 152 g/mol. The highest BCUT2D eigenvalue weighted by Crippen LogP contribution is 2.38. The Morgan fingerprint density at radius 2 is 1.92 bits per heavy atom. The van der Waals surface area contributed by atoms with E-state index < -0.39 is 0 Å². The van der Waals surface area contributed by atoms with Crippen molar-refractivity contribution >= 4 is 0 Å². The first-order valence-corrected chi connectivity index (χ1v) is 5.04. The second-order valence-corrected chi connectivity index (χ2v) is 4.50. The van der Waals surface area contributed by atoms with Gasteiger partial charge in [0.2, 0.25) is 0 Å². The van der Waals surface area contributed by atoms with E-state index in [1.54, 1.807) is 0 Å². The zero-order valence-corrected chi connectivity index (χ0v) is 7.75. The third kappa shape index (κ3) is 1.64. The molecule has 2 heterocycles. The monoisotopic (exact) mass is 170 g/mol. The molecule has 2 bridgehead atoms. The fourth-order valence-corrected chi connectivity index (χ4v) is 2.37. The van der Waals surface area contributed by atoms with E-state index >= 15 is 0 Å². The van der Waals surface area contributed by atoms with Gasteiger partial charge in [0.1, 0.15) is 0 Å². The van der Waals surface area contributed by atoms with Crippen LogP contribution in [-0.2, 0) is 4.74 Å². The first-order valence-electron chi connectivity index (χ1n) is 5.04. The number of hydrogen-bond donors (Lipinski definition) is 1. The molecule has 2 aliphatic rings. The molecule has 0 saturated carbocycles. The molecule has 0 aromatic rings. The molecule has 2 fully saturated rings. The molecule has 0 aromatic carbocycles. The van der Waals surface area contributed by atoms with Crippen molar-refractivity contribution in [3.63, 3.8) is 0 Å². The van der Waals surface area contributed by atoms with Gasteiger partial charge >= 0.3 is 0 Å². The molecule has 0 aromatic heterocycles. The van der Waals surface area contributed by atoms with E-state index in [-0.39, 0.29) is 11.7 Å². The Balaban J connectivity index is 2.02. The second kappa shape index (κ2) is 3.00. The zero-order valence-electron chi connectivity index (χ0n) is 7.75. The molecule has 2 rings (SSSR count). The van der Waals surface area contributed by atoms with Gasteiger partial charge in [0, 0.05) is 0 Å². The quantitative estimate of drug-likeness (QED) is 0.601. The van der Waals surface area contributed by atoms with Gasteiger partial charge in [0.05, 0.1) is 17.8 Å². The first kappa shape index (κ1) is 8.52. The van der Waals surface area contributed by atoms with Crippen molar-refractivity contribution in [2.24, 2.45) is 0 Å². The van der Waals surface area contributed by atoms with E-state index in [1.807, 2.05) is 0 Å². The predicted molar refractivity (Wildman–Crippen MR) is 47.0 cm³/mol. The average molecular weight is 170 g/mol. The van der Waals surface area contributed by atoms with Crippen LogP contribution in [0.1, 0.15) is 45.4 Å². The zero-order chi connectivity index (χ0) is 8.60. The maximum Gasteiger partial charge on any atom is 0.0660 e. The topological polar surface area (TPSA) is 29.5 Å². The van der Waals surface area contributed by atoms with Crippen molar-refractivity contribution in [3.8, 4) is 0 Å². The largest absolute Gasteiger partial charge is 0.393 e. The summed E-state index contributed by atoms with van der Waals surface area (Å²) in [7, 11) is 0. The highest BCUT2D eigenvalue weighted by molar-refractivity contribution is 4.88. The van der Waals surface area contributed by atoms with Crippen LogP contribution in [0, 0.1) is 0 Å². The Kier molecular flexibility index (Phi) is 2.13. The van der Waals surface area contributed by atoms with E-state index in [4.69, 9.17) is 4.74 Å². The Morgan fingerprint density at radius 1 is 1.17 bits per heavy atom. The standard InChI is InChI=1S/C10H18O2/c1-10-6-4-8(11)2-3-9(12-10)5-7-10/h8-9,11H,2-7H2,1H3/t8?,9-,10+/m0/s1. The van der Waals surface area contributed by atoms with E-state index in [2.05, 4.69) is 6.92 Å². The molecule has 2 saturated heterocycles. The number of aliphatic hydroxyl groups is 1. The minimum atomic E-state index is -0.0752. The summed E-state index contributed by atoms with van der Waals surface area (Å²) < 4.78 is 5.93. The van der Waals surface area contributed by atoms with Gasteiger partial charge in [-0.25, -0.2) is 0 Å². The molecule has 0 spiro atoms. The molecule has 2 nitrogen and oxygen atoms in total. The Labute approximate surface area is 73.9 Å². The van der Waals surface area contributed by atoms with Gasteiger partial charge in [-0.05, 0) is 45.4 Å². The lowest BCUT2D eigenvalue weighted by Crippen LogP contribution is -2.29. The summed E-state index contributed by atoms with van der Waals surface area (Å²) in [6.45, 7) is 2.19. The summed E-state index contributed by atoms with van der Waals surface area (Å²) in [6.07, 6.45) is 6.68. The van der Waals surface area contributed by atoms with Crippen LogP contribution in [0.4, 0.5) is 0 Å². The fraction of sp³-hybridized carbons (Fsp3) is 1.00. The summed E-state index contributed by atoms with van der Waals surface area (Å²) in [4.78, 5) is 0. The van der Waals surface area contributed by atoms with Gasteiger partial charge in [-0.2, -0.15) is 0 Å². The smallest absolute Gasteiger partial charge is 0.0660 e. The number of hydrogen-bond acceptors (Lipinski definition) is 2.